The lowest BCUT2D eigenvalue weighted by Gasteiger charge is -2.23. The van der Waals surface area contributed by atoms with Crippen LogP contribution in [0.3, 0.4) is 0 Å². The van der Waals surface area contributed by atoms with Crippen LogP contribution >= 0.6 is 0 Å². The summed E-state index contributed by atoms with van der Waals surface area (Å²) in [6, 6.07) is 5.44. The maximum absolute atomic E-state index is 11.7. The van der Waals surface area contributed by atoms with Crippen LogP contribution in [0.25, 0.3) is 10.9 Å². The average molecular weight is 336 g/mol. The van der Waals surface area contributed by atoms with E-state index in [4.69, 9.17) is 0 Å². The molecule has 0 bridgehead atoms. The molecule has 0 unspecified atom stereocenters. The molecule has 1 heterocycles. The zero-order valence-electron chi connectivity index (χ0n) is 14.1. The van der Waals surface area contributed by atoms with Gasteiger partial charge in [0.15, 0.2) is 9.84 Å². The number of nitrogens with zero attached hydrogens (tertiary/aromatic N) is 3. The van der Waals surface area contributed by atoms with E-state index in [-0.39, 0.29) is 4.90 Å². The Morgan fingerprint density at radius 1 is 1.30 bits per heavy atom. The lowest BCUT2D eigenvalue weighted by atomic mass is 10.2. The molecular formula is C16H24N4O2S. The van der Waals surface area contributed by atoms with Crippen LogP contribution < -0.4 is 5.32 Å². The van der Waals surface area contributed by atoms with Gasteiger partial charge in [0.05, 0.1) is 10.4 Å². The van der Waals surface area contributed by atoms with Crippen molar-refractivity contribution in [2.75, 3.05) is 31.7 Å². The molecule has 1 aromatic carbocycles. The summed E-state index contributed by atoms with van der Waals surface area (Å²) in [4.78, 5) is 11.0. The van der Waals surface area contributed by atoms with E-state index in [9.17, 15) is 8.42 Å². The molecule has 0 aliphatic rings. The summed E-state index contributed by atoms with van der Waals surface area (Å²) in [5.41, 5.74) is 0.727. The van der Waals surface area contributed by atoms with E-state index in [1.165, 1.54) is 12.6 Å². The van der Waals surface area contributed by atoms with Gasteiger partial charge in [-0.15, -0.1) is 0 Å². The van der Waals surface area contributed by atoms with Crippen LogP contribution in [0.5, 0.6) is 0 Å². The third kappa shape index (κ3) is 4.39. The molecule has 126 valence electrons. The van der Waals surface area contributed by atoms with Crippen molar-refractivity contribution in [2.45, 2.75) is 31.2 Å². The van der Waals surface area contributed by atoms with Gasteiger partial charge in [-0.2, -0.15) is 0 Å². The molecule has 1 aromatic heterocycles. The van der Waals surface area contributed by atoms with Crippen LogP contribution in [0.2, 0.25) is 0 Å². The molecule has 1 atom stereocenters. The molecular weight excluding hydrogens is 312 g/mol. The summed E-state index contributed by atoms with van der Waals surface area (Å²) in [5.74, 6) is 0.665. The normalized spacial score (nSPS) is 13.4. The van der Waals surface area contributed by atoms with Gasteiger partial charge >= 0.3 is 0 Å². The van der Waals surface area contributed by atoms with Gasteiger partial charge in [0.2, 0.25) is 0 Å². The molecule has 0 spiro atoms. The second-order valence-electron chi connectivity index (χ2n) is 5.84. The first kappa shape index (κ1) is 17.6. The summed E-state index contributed by atoms with van der Waals surface area (Å²) in [6.07, 6.45) is 3.79. The number of nitrogens with one attached hydrogen (secondary N) is 1. The zero-order valence-corrected chi connectivity index (χ0v) is 14.9. The van der Waals surface area contributed by atoms with E-state index >= 15 is 0 Å². The minimum absolute atomic E-state index is 0.277. The topological polar surface area (TPSA) is 75.2 Å². The molecule has 7 heteroatoms. The third-order valence-corrected chi connectivity index (χ3v) is 5.25. The summed E-state index contributed by atoms with van der Waals surface area (Å²) in [7, 11) is -1.16. The first-order valence-corrected chi connectivity index (χ1v) is 9.61. The highest BCUT2D eigenvalue weighted by Gasteiger charge is 2.11. The van der Waals surface area contributed by atoms with Crippen molar-refractivity contribution in [3.05, 3.63) is 24.5 Å². The molecule has 0 fully saturated rings. The molecule has 0 saturated carbocycles. The fourth-order valence-electron chi connectivity index (χ4n) is 2.29. The number of hydrogen-bond acceptors (Lipinski definition) is 6. The van der Waals surface area contributed by atoms with Crippen LogP contribution in [-0.2, 0) is 9.84 Å². The zero-order chi connectivity index (χ0) is 17.0. The predicted octanol–water partition coefficient (Wildman–Crippen LogP) is 2.18. The number of benzene rings is 1. The van der Waals surface area contributed by atoms with Crippen LogP contribution in [0, 0.1) is 0 Å². The van der Waals surface area contributed by atoms with Gasteiger partial charge in [-0.1, -0.05) is 6.92 Å². The molecule has 2 rings (SSSR count). The monoisotopic (exact) mass is 336 g/mol. The van der Waals surface area contributed by atoms with Gasteiger partial charge in [-0.05, 0) is 38.6 Å². The quantitative estimate of drug-likeness (QED) is 0.835. The minimum atomic E-state index is -3.25. The fraction of sp³-hybridized carbons (Fsp3) is 0.500. The van der Waals surface area contributed by atoms with Crippen molar-refractivity contribution in [1.29, 1.82) is 0 Å². The Balaban J connectivity index is 2.20. The second kappa shape index (κ2) is 7.23. The van der Waals surface area contributed by atoms with E-state index < -0.39 is 9.84 Å². The smallest absolute Gasteiger partial charge is 0.175 e. The predicted molar refractivity (Wildman–Crippen MR) is 93.5 cm³/mol. The van der Waals surface area contributed by atoms with Crippen molar-refractivity contribution in [2.24, 2.45) is 0 Å². The minimum Gasteiger partial charge on any atom is -0.368 e. The number of hydrogen-bond donors (Lipinski definition) is 1. The van der Waals surface area contributed by atoms with Gasteiger partial charge in [0.1, 0.15) is 12.1 Å². The highest BCUT2D eigenvalue weighted by atomic mass is 32.2. The summed E-state index contributed by atoms with van der Waals surface area (Å²) in [6.45, 7) is 5.97. The number of fused-ring (bicyclic) bond motifs is 1. The summed E-state index contributed by atoms with van der Waals surface area (Å²) < 4.78 is 23.5. The lowest BCUT2D eigenvalue weighted by molar-refractivity contribution is 0.261. The van der Waals surface area contributed by atoms with E-state index in [1.54, 1.807) is 18.2 Å². The molecule has 0 radical (unpaired) electrons. The van der Waals surface area contributed by atoms with Crippen molar-refractivity contribution >= 4 is 26.6 Å². The molecule has 0 saturated heterocycles. The Morgan fingerprint density at radius 2 is 2.04 bits per heavy atom. The second-order valence-corrected chi connectivity index (χ2v) is 7.85. The van der Waals surface area contributed by atoms with Crippen molar-refractivity contribution in [3.8, 4) is 0 Å². The third-order valence-electron chi connectivity index (χ3n) is 4.14. The van der Waals surface area contributed by atoms with E-state index in [2.05, 4.69) is 41.1 Å². The summed E-state index contributed by atoms with van der Waals surface area (Å²) >= 11 is 0. The van der Waals surface area contributed by atoms with Gasteiger partial charge < -0.3 is 10.2 Å². The van der Waals surface area contributed by atoms with Gasteiger partial charge in [0, 0.05) is 30.8 Å². The molecule has 0 aliphatic heterocycles. The van der Waals surface area contributed by atoms with Crippen LogP contribution in [0.15, 0.2) is 29.4 Å². The molecule has 0 amide bonds. The Labute approximate surface area is 137 Å². The van der Waals surface area contributed by atoms with Crippen molar-refractivity contribution < 1.29 is 8.42 Å². The number of aromatic nitrogens is 2. The Kier molecular flexibility index (Phi) is 5.54. The SMILES string of the molecule is CC[C@H](C)N(C)CCNc1ncnc2ccc(S(C)(=O)=O)cc12. The number of sulfone groups is 1. The van der Waals surface area contributed by atoms with Crippen LogP contribution in [0.4, 0.5) is 5.82 Å². The molecule has 6 nitrogen and oxygen atoms in total. The van der Waals surface area contributed by atoms with Gasteiger partial charge in [-0.25, -0.2) is 18.4 Å². The van der Waals surface area contributed by atoms with Gasteiger partial charge in [0.25, 0.3) is 0 Å². The Morgan fingerprint density at radius 3 is 2.70 bits per heavy atom. The van der Waals surface area contributed by atoms with E-state index in [0.29, 0.717) is 11.9 Å². The highest BCUT2D eigenvalue weighted by Crippen LogP contribution is 2.22. The first-order valence-electron chi connectivity index (χ1n) is 7.72. The van der Waals surface area contributed by atoms with E-state index in [0.717, 1.165) is 30.4 Å². The Bertz CT molecular complexity index is 777. The van der Waals surface area contributed by atoms with Gasteiger partial charge in [-0.3, -0.25) is 0 Å². The summed E-state index contributed by atoms with van der Waals surface area (Å²) in [5, 5.41) is 4.01. The van der Waals surface area contributed by atoms with Crippen LogP contribution in [-0.4, -0.2) is 55.7 Å². The first-order chi connectivity index (χ1) is 10.8. The molecule has 0 aliphatic carbocycles. The Hall–Kier alpha value is -1.73. The maximum Gasteiger partial charge on any atom is 0.175 e. The van der Waals surface area contributed by atoms with Crippen molar-refractivity contribution in [1.82, 2.24) is 14.9 Å². The maximum atomic E-state index is 11.7. The standard InChI is InChI=1S/C16H24N4O2S/c1-5-12(2)20(3)9-8-17-16-14-10-13(23(4,21)22)6-7-15(14)18-11-19-16/h6-7,10-12H,5,8-9H2,1-4H3,(H,17,18,19)/t12-/m0/s1. The highest BCUT2D eigenvalue weighted by molar-refractivity contribution is 7.90. The molecule has 2 aromatic rings. The van der Waals surface area contributed by atoms with Crippen LogP contribution in [0.1, 0.15) is 20.3 Å². The number of likely N-dealkylation sites (N-methyl/N-ethyl adjacent to an activating group) is 1. The fourth-order valence-corrected chi connectivity index (χ4v) is 2.94. The number of anilines is 1. The number of rotatable bonds is 7. The molecule has 23 heavy (non-hydrogen) atoms. The van der Waals surface area contributed by atoms with Crippen molar-refractivity contribution in [3.63, 3.8) is 0 Å². The largest absolute Gasteiger partial charge is 0.368 e. The van der Waals surface area contributed by atoms with E-state index in [1.807, 2.05) is 0 Å². The lowest BCUT2D eigenvalue weighted by Crippen LogP contribution is -2.32. The average Bonchev–Trinajstić information content (AvgIpc) is 2.52. The molecule has 1 N–H and O–H groups in total.